The summed E-state index contributed by atoms with van der Waals surface area (Å²) in [6.07, 6.45) is 1.82. The molecule has 3 aromatic rings. The van der Waals surface area contributed by atoms with E-state index in [4.69, 9.17) is 4.52 Å². The van der Waals surface area contributed by atoms with Gasteiger partial charge in [-0.2, -0.15) is 4.98 Å². The van der Waals surface area contributed by atoms with Crippen LogP contribution in [0.2, 0.25) is 0 Å². The van der Waals surface area contributed by atoms with E-state index in [1.165, 1.54) is 0 Å². The Hall–Kier alpha value is -2.63. The molecule has 1 fully saturated rings. The number of aromatic nitrogens is 3. The molecule has 4 rings (SSSR count). The van der Waals surface area contributed by atoms with Crippen LogP contribution in [0.15, 0.2) is 34.9 Å². The first-order valence-electron chi connectivity index (χ1n) is 8.75. The second kappa shape index (κ2) is 6.02. The van der Waals surface area contributed by atoms with Crippen molar-refractivity contribution in [2.24, 2.45) is 7.05 Å². The minimum absolute atomic E-state index is 0.0251. The number of nitrogens with zero attached hydrogens (tertiary/aromatic N) is 4. The van der Waals surface area contributed by atoms with Crippen molar-refractivity contribution in [1.82, 2.24) is 19.6 Å². The SMILES string of the molecule is CC(C)c1nc(C2CCCN2C(=O)c2cc3ccccc3n2C)no1. The van der Waals surface area contributed by atoms with Gasteiger partial charge >= 0.3 is 0 Å². The molecule has 1 atom stereocenters. The van der Waals surface area contributed by atoms with E-state index in [0.717, 1.165) is 30.3 Å². The molecule has 6 nitrogen and oxygen atoms in total. The Labute approximate surface area is 146 Å². The number of rotatable bonds is 3. The predicted molar refractivity (Wildman–Crippen MR) is 94.3 cm³/mol. The van der Waals surface area contributed by atoms with Gasteiger partial charge in [0.25, 0.3) is 5.91 Å². The van der Waals surface area contributed by atoms with Crippen LogP contribution in [0.5, 0.6) is 0 Å². The molecule has 0 N–H and O–H groups in total. The maximum absolute atomic E-state index is 13.2. The smallest absolute Gasteiger partial charge is 0.271 e. The number of carbonyl (C=O) groups is 1. The summed E-state index contributed by atoms with van der Waals surface area (Å²) in [7, 11) is 1.94. The molecule has 25 heavy (non-hydrogen) atoms. The van der Waals surface area contributed by atoms with Gasteiger partial charge in [0.15, 0.2) is 5.82 Å². The van der Waals surface area contributed by atoms with Crippen LogP contribution < -0.4 is 0 Å². The van der Waals surface area contributed by atoms with E-state index in [1.54, 1.807) is 0 Å². The Morgan fingerprint density at radius 2 is 2.12 bits per heavy atom. The maximum Gasteiger partial charge on any atom is 0.271 e. The quantitative estimate of drug-likeness (QED) is 0.731. The zero-order chi connectivity index (χ0) is 17.6. The van der Waals surface area contributed by atoms with Gasteiger partial charge in [0, 0.05) is 30.4 Å². The normalized spacial score (nSPS) is 17.8. The van der Waals surface area contributed by atoms with E-state index < -0.39 is 0 Å². The average molecular weight is 338 g/mol. The molecule has 2 aromatic heterocycles. The molecule has 1 aliphatic rings. The number of carbonyl (C=O) groups excluding carboxylic acids is 1. The molecule has 1 unspecified atom stereocenters. The number of benzene rings is 1. The summed E-state index contributed by atoms with van der Waals surface area (Å²) >= 11 is 0. The fourth-order valence-corrected chi connectivity index (χ4v) is 3.54. The Balaban J connectivity index is 1.66. The number of aryl methyl sites for hydroxylation is 1. The highest BCUT2D eigenvalue weighted by molar-refractivity contribution is 5.99. The summed E-state index contributed by atoms with van der Waals surface area (Å²) in [6, 6.07) is 9.89. The van der Waals surface area contributed by atoms with Crippen molar-refractivity contribution in [1.29, 1.82) is 0 Å². The van der Waals surface area contributed by atoms with Crippen molar-refractivity contribution in [2.45, 2.75) is 38.6 Å². The van der Waals surface area contributed by atoms with Gasteiger partial charge in [0.1, 0.15) is 5.69 Å². The summed E-state index contributed by atoms with van der Waals surface area (Å²) in [5, 5.41) is 5.20. The van der Waals surface area contributed by atoms with E-state index in [1.807, 2.05) is 60.7 Å². The first-order valence-corrected chi connectivity index (χ1v) is 8.75. The number of amides is 1. The molecule has 0 bridgehead atoms. The third-order valence-electron chi connectivity index (χ3n) is 4.93. The van der Waals surface area contributed by atoms with Crippen LogP contribution in [-0.2, 0) is 7.05 Å². The van der Waals surface area contributed by atoms with Gasteiger partial charge in [0.2, 0.25) is 5.89 Å². The topological polar surface area (TPSA) is 64.2 Å². The van der Waals surface area contributed by atoms with Gasteiger partial charge in [-0.05, 0) is 25.0 Å². The highest BCUT2D eigenvalue weighted by Gasteiger charge is 2.35. The standard InChI is InChI=1S/C19H22N4O2/c1-12(2)18-20-17(21-25-18)15-9-6-10-23(15)19(24)16-11-13-7-4-5-8-14(13)22(16)3/h4-5,7-8,11-12,15H,6,9-10H2,1-3H3. The number of hydrogen-bond acceptors (Lipinski definition) is 4. The van der Waals surface area contributed by atoms with Crippen LogP contribution in [0.4, 0.5) is 0 Å². The van der Waals surface area contributed by atoms with E-state index in [2.05, 4.69) is 10.1 Å². The Morgan fingerprint density at radius 1 is 1.32 bits per heavy atom. The van der Waals surface area contributed by atoms with Crippen molar-refractivity contribution >= 4 is 16.8 Å². The zero-order valence-electron chi connectivity index (χ0n) is 14.8. The lowest BCUT2D eigenvalue weighted by Gasteiger charge is -2.22. The van der Waals surface area contributed by atoms with Crippen LogP contribution in [0.3, 0.4) is 0 Å². The fourth-order valence-electron chi connectivity index (χ4n) is 3.54. The van der Waals surface area contributed by atoms with Crippen molar-refractivity contribution < 1.29 is 9.32 Å². The van der Waals surface area contributed by atoms with E-state index in [0.29, 0.717) is 17.4 Å². The minimum Gasteiger partial charge on any atom is -0.340 e. The Morgan fingerprint density at radius 3 is 2.84 bits per heavy atom. The van der Waals surface area contributed by atoms with E-state index >= 15 is 0 Å². The molecular formula is C19H22N4O2. The lowest BCUT2D eigenvalue weighted by molar-refractivity contribution is 0.0719. The predicted octanol–water partition coefficient (Wildman–Crippen LogP) is 3.66. The molecule has 0 aliphatic carbocycles. The Kier molecular flexibility index (Phi) is 3.82. The molecule has 0 radical (unpaired) electrons. The van der Waals surface area contributed by atoms with Gasteiger partial charge < -0.3 is 14.0 Å². The summed E-state index contributed by atoms with van der Waals surface area (Å²) in [6.45, 7) is 4.76. The van der Waals surface area contributed by atoms with Crippen molar-refractivity contribution in [3.05, 3.63) is 47.7 Å². The van der Waals surface area contributed by atoms with Crippen LogP contribution >= 0.6 is 0 Å². The van der Waals surface area contributed by atoms with Crippen LogP contribution in [0.1, 0.15) is 60.9 Å². The summed E-state index contributed by atoms with van der Waals surface area (Å²) in [5.74, 6) is 1.45. The number of para-hydroxylation sites is 1. The summed E-state index contributed by atoms with van der Waals surface area (Å²) in [5.41, 5.74) is 1.75. The van der Waals surface area contributed by atoms with Gasteiger partial charge in [-0.1, -0.05) is 37.2 Å². The lowest BCUT2D eigenvalue weighted by atomic mass is 10.2. The van der Waals surface area contributed by atoms with E-state index in [-0.39, 0.29) is 17.9 Å². The summed E-state index contributed by atoms with van der Waals surface area (Å²) < 4.78 is 7.30. The molecule has 0 spiro atoms. The van der Waals surface area contributed by atoms with Gasteiger partial charge in [-0.15, -0.1) is 0 Å². The molecule has 1 aromatic carbocycles. The molecule has 0 saturated carbocycles. The van der Waals surface area contributed by atoms with Crippen LogP contribution in [-0.4, -0.2) is 32.1 Å². The lowest BCUT2D eigenvalue weighted by Crippen LogP contribution is -2.32. The number of hydrogen-bond donors (Lipinski definition) is 0. The number of fused-ring (bicyclic) bond motifs is 1. The van der Waals surface area contributed by atoms with Crippen LogP contribution in [0.25, 0.3) is 10.9 Å². The third-order valence-corrected chi connectivity index (χ3v) is 4.93. The second-order valence-corrected chi connectivity index (χ2v) is 6.95. The second-order valence-electron chi connectivity index (χ2n) is 6.95. The first-order chi connectivity index (χ1) is 12.1. The van der Waals surface area contributed by atoms with Gasteiger partial charge in [0.05, 0.1) is 6.04 Å². The Bertz CT molecular complexity index is 925. The fraction of sp³-hybridized carbons (Fsp3) is 0.421. The molecule has 1 saturated heterocycles. The minimum atomic E-state index is -0.109. The number of likely N-dealkylation sites (tertiary alicyclic amines) is 1. The highest BCUT2D eigenvalue weighted by atomic mass is 16.5. The molecular weight excluding hydrogens is 316 g/mol. The van der Waals surface area contributed by atoms with E-state index in [9.17, 15) is 4.79 Å². The maximum atomic E-state index is 13.2. The van der Waals surface area contributed by atoms with Gasteiger partial charge in [-0.25, -0.2) is 0 Å². The first kappa shape index (κ1) is 15.9. The zero-order valence-corrected chi connectivity index (χ0v) is 14.8. The molecule has 3 heterocycles. The largest absolute Gasteiger partial charge is 0.340 e. The molecule has 6 heteroatoms. The molecule has 130 valence electrons. The highest BCUT2D eigenvalue weighted by Crippen LogP contribution is 2.33. The summed E-state index contributed by atoms with van der Waals surface area (Å²) in [4.78, 5) is 19.6. The molecule has 1 amide bonds. The van der Waals surface area contributed by atoms with Crippen molar-refractivity contribution in [3.8, 4) is 0 Å². The van der Waals surface area contributed by atoms with Crippen molar-refractivity contribution in [2.75, 3.05) is 6.54 Å². The van der Waals surface area contributed by atoms with Crippen molar-refractivity contribution in [3.63, 3.8) is 0 Å². The average Bonchev–Trinajstić information content (AvgIpc) is 3.32. The third kappa shape index (κ3) is 2.62. The monoisotopic (exact) mass is 338 g/mol. The van der Waals surface area contributed by atoms with Gasteiger partial charge in [-0.3, -0.25) is 4.79 Å². The van der Waals surface area contributed by atoms with Crippen LogP contribution in [0, 0.1) is 0 Å². The molecule has 1 aliphatic heterocycles.